The van der Waals surface area contributed by atoms with Crippen molar-refractivity contribution < 1.29 is 22.7 Å². The van der Waals surface area contributed by atoms with E-state index in [0.29, 0.717) is 30.1 Å². The van der Waals surface area contributed by atoms with Gasteiger partial charge in [-0.25, -0.2) is 8.42 Å². The first kappa shape index (κ1) is 23.5. The second kappa shape index (κ2) is 9.54. The highest BCUT2D eigenvalue weighted by atomic mass is 32.2. The third-order valence-corrected chi connectivity index (χ3v) is 7.44. The number of ether oxygens (including phenoxy) is 1. The van der Waals surface area contributed by atoms with Gasteiger partial charge in [0.05, 0.1) is 17.7 Å². The summed E-state index contributed by atoms with van der Waals surface area (Å²) < 4.78 is 32.3. The number of carbonyl (C=O) groups is 2. The van der Waals surface area contributed by atoms with Gasteiger partial charge in [0.25, 0.3) is 5.91 Å². The molecule has 9 heteroatoms. The van der Waals surface area contributed by atoms with Crippen molar-refractivity contribution in [2.45, 2.75) is 25.2 Å². The van der Waals surface area contributed by atoms with E-state index in [2.05, 4.69) is 11.9 Å². The number of fused-ring (bicyclic) bond motifs is 1. The van der Waals surface area contributed by atoms with Crippen LogP contribution < -0.4 is 10.1 Å². The average Bonchev–Trinajstić information content (AvgIpc) is 3.03. The Kier molecular flexibility index (Phi) is 7.00. The first-order valence-corrected chi connectivity index (χ1v) is 11.8. The molecule has 0 radical (unpaired) electrons. The molecule has 0 aliphatic carbocycles. The first-order chi connectivity index (χ1) is 15.2. The van der Waals surface area contributed by atoms with Crippen LogP contribution in [0.15, 0.2) is 53.9 Å². The molecule has 170 valence electrons. The summed E-state index contributed by atoms with van der Waals surface area (Å²) in [5, 5.41) is 2.71. The van der Waals surface area contributed by atoms with Gasteiger partial charge in [-0.15, -0.1) is 0 Å². The number of benzene rings is 2. The van der Waals surface area contributed by atoms with Crippen molar-refractivity contribution in [3.05, 3.63) is 60.2 Å². The molecule has 3 rings (SSSR count). The van der Waals surface area contributed by atoms with Gasteiger partial charge in [-0.2, -0.15) is 4.31 Å². The van der Waals surface area contributed by atoms with Crippen LogP contribution in [0.25, 0.3) is 5.70 Å². The van der Waals surface area contributed by atoms with Crippen molar-refractivity contribution in [1.29, 1.82) is 0 Å². The Morgan fingerprint density at radius 3 is 2.38 bits per heavy atom. The van der Waals surface area contributed by atoms with Gasteiger partial charge in [0.1, 0.15) is 5.75 Å². The van der Waals surface area contributed by atoms with Gasteiger partial charge in [0, 0.05) is 42.9 Å². The van der Waals surface area contributed by atoms with Crippen molar-refractivity contribution >= 4 is 33.2 Å². The number of methoxy groups -OCH3 is 1. The van der Waals surface area contributed by atoms with E-state index in [4.69, 9.17) is 4.74 Å². The summed E-state index contributed by atoms with van der Waals surface area (Å²) in [6.07, 6.45) is 0.00885. The first-order valence-electron chi connectivity index (χ1n) is 10.3. The molecule has 2 amide bonds. The number of hydrogen-bond acceptors (Lipinski definition) is 5. The standard InChI is InChI=1S/C23H27N3O5S/c1-5-25(6-2)32(29,30)17-11-12-21(31-4)20(15-17)24-22(27)13-14-26-16(3)18-9-7-8-10-19(18)23(26)28/h7-12,15H,3,5-6,13-14H2,1-2,4H3,(H,24,27). The fourth-order valence-corrected chi connectivity index (χ4v) is 5.14. The van der Waals surface area contributed by atoms with Crippen LogP contribution in [-0.2, 0) is 14.8 Å². The molecule has 2 aromatic rings. The molecule has 0 saturated heterocycles. The quantitative estimate of drug-likeness (QED) is 0.624. The molecule has 0 unspecified atom stereocenters. The molecule has 0 fully saturated rings. The van der Waals surface area contributed by atoms with Crippen molar-refractivity contribution in [1.82, 2.24) is 9.21 Å². The highest BCUT2D eigenvalue weighted by Crippen LogP contribution is 2.32. The Balaban J connectivity index is 1.74. The summed E-state index contributed by atoms with van der Waals surface area (Å²) in [5.74, 6) is -0.230. The van der Waals surface area contributed by atoms with Crippen molar-refractivity contribution in [2.24, 2.45) is 0 Å². The molecule has 0 saturated carbocycles. The van der Waals surface area contributed by atoms with Crippen molar-refractivity contribution in [2.75, 3.05) is 32.1 Å². The molecule has 0 spiro atoms. The number of hydrogen-bond donors (Lipinski definition) is 1. The predicted molar refractivity (Wildman–Crippen MR) is 123 cm³/mol. The SMILES string of the molecule is C=C1c2ccccc2C(=O)N1CCC(=O)Nc1cc(S(=O)(=O)N(CC)CC)ccc1OC. The van der Waals surface area contributed by atoms with E-state index in [9.17, 15) is 18.0 Å². The number of nitrogens with one attached hydrogen (secondary N) is 1. The maximum Gasteiger partial charge on any atom is 0.258 e. The summed E-state index contributed by atoms with van der Waals surface area (Å²) in [5.41, 5.74) is 2.13. The maximum atomic E-state index is 12.8. The third-order valence-electron chi connectivity index (χ3n) is 5.39. The monoisotopic (exact) mass is 457 g/mol. The van der Waals surface area contributed by atoms with Crippen LogP contribution in [0.5, 0.6) is 5.75 Å². The highest BCUT2D eigenvalue weighted by molar-refractivity contribution is 7.89. The summed E-state index contributed by atoms with van der Waals surface area (Å²) in [6.45, 7) is 8.32. The second-order valence-electron chi connectivity index (χ2n) is 7.20. The third kappa shape index (κ3) is 4.39. The lowest BCUT2D eigenvalue weighted by molar-refractivity contribution is -0.116. The van der Waals surface area contributed by atoms with Crippen LogP contribution >= 0.6 is 0 Å². The van der Waals surface area contributed by atoms with E-state index >= 15 is 0 Å². The van der Waals surface area contributed by atoms with Crippen LogP contribution in [0.3, 0.4) is 0 Å². The minimum atomic E-state index is -3.69. The lowest BCUT2D eigenvalue weighted by Crippen LogP contribution is -2.30. The Labute approximate surface area is 188 Å². The molecule has 0 atom stereocenters. The Hall–Kier alpha value is -3.17. The summed E-state index contributed by atoms with van der Waals surface area (Å²) in [4.78, 5) is 26.8. The predicted octanol–water partition coefficient (Wildman–Crippen LogP) is 3.18. The molecule has 0 aromatic heterocycles. The van der Waals surface area contributed by atoms with E-state index in [1.165, 1.54) is 34.5 Å². The number of carbonyl (C=O) groups excluding carboxylic acids is 2. The zero-order valence-electron chi connectivity index (χ0n) is 18.4. The van der Waals surface area contributed by atoms with E-state index in [1.807, 2.05) is 12.1 Å². The molecule has 1 heterocycles. The van der Waals surface area contributed by atoms with Gasteiger partial charge in [0.15, 0.2) is 0 Å². The fourth-order valence-electron chi connectivity index (χ4n) is 3.66. The minimum Gasteiger partial charge on any atom is -0.495 e. The smallest absolute Gasteiger partial charge is 0.258 e. The van der Waals surface area contributed by atoms with Crippen LogP contribution in [0.1, 0.15) is 36.2 Å². The fraction of sp³-hybridized carbons (Fsp3) is 0.304. The minimum absolute atomic E-state index is 0.00885. The van der Waals surface area contributed by atoms with Gasteiger partial charge in [-0.3, -0.25) is 9.59 Å². The van der Waals surface area contributed by atoms with Gasteiger partial charge < -0.3 is 15.0 Å². The normalized spacial score (nSPS) is 13.4. The molecule has 8 nitrogen and oxygen atoms in total. The van der Waals surface area contributed by atoms with Crippen LogP contribution in [-0.4, -0.2) is 56.2 Å². The number of rotatable bonds is 9. The lowest BCUT2D eigenvalue weighted by Gasteiger charge is -2.20. The van der Waals surface area contributed by atoms with Crippen LogP contribution in [0.4, 0.5) is 5.69 Å². The highest BCUT2D eigenvalue weighted by Gasteiger charge is 2.30. The topological polar surface area (TPSA) is 96.0 Å². The number of amides is 2. The van der Waals surface area contributed by atoms with Gasteiger partial charge in [0.2, 0.25) is 15.9 Å². The second-order valence-corrected chi connectivity index (χ2v) is 9.14. The van der Waals surface area contributed by atoms with E-state index in [1.54, 1.807) is 26.0 Å². The molecular formula is C23H27N3O5S. The van der Waals surface area contributed by atoms with Crippen LogP contribution in [0.2, 0.25) is 0 Å². The zero-order valence-corrected chi connectivity index (χ0v) is 19.2. The number of nitrogens with zero attached hydrogens (tertiary/aromatic N) is 2. The average molecular weight is 458 g/mol. The van der Waals surface area contributed by atoms with Crippen molar-refractivity contribution in [3.63, 3.8) is 0 Å². The summed E-state index contributed by atoms with van der Waals surface area (Å²) in [7, 11) is -2.25. The van der Waals surface area contributed by atoms with E-state index in [-0.39, 0.29) is 35.4 Å². The van der Waals surface area contributed by atoms with E-state index < -0.39 is 10.0 Å². The summed E-state index contributed by atoms with van der Waals surface area (Å²) >= 11 is 0. The Morgan fingerprint density at radius 2 is 1.78 bits per heavy atom. The molecule has 0 bridgehead atoms. The summed E-state index contributed by atoms with van der Waals surface area (Å²) in [6, 6.07) is 11.5. The van der Waals surface area contributed by atoms with Gasteiger partial charge >= 0.3 is 0 Å². The molecular weight excluding hydrogens is 430 g/mol. The van der Waals surface area contributed by atoms with Gasteiger partial charge in [-0.05, 0) is 24.3 Å². The Bertz CT molecular complexity index is 1120. The molecule has 2 aromatic carbocycles. The molecule has 1 aliphatic rings. The molecule has 1 aliphatic heterocycles. The van der Waals surface area contributed by atoms with Gasteiger partial charge in [-0.1, -0.05) is 38.6 Å². The molecule has 32 heavy (non-hydrogen) atoms. The number of anilines is 1. The number of sulfonamides is 1. The molecule has 1 N–H and O–H groups in total. The zero-order chi connectivity index (χ0) is 23.5. The largest absolute Gasteiger partial charge is 0.495 e. The van der Waals surface area contributed by atoms with E-state index in [0.717, 1.165) is 5.56 Å². The Morgan fingerprint density at radius 1 is 1.12 bits per heavy atom. The van der Waals surface area contributed by atoms with Crippen molar-refractivity contribution in [3.8, 4) is 5.75 Å². The van der Waals surface area contributed by atoms with Crippen LogP contribution in [0, 0.1) is 0 Å². The lowest BCUT2D eigenvalue weighted by atomic mass is 10.1. The maximum absolute atomic E-state index is 12.8.